The van der Waals surface area contributed by atoms with Gasteiger partial charge in [-0.25, -0.2) is 9.79 Å². The number of hydrogen-bond donors (Lipinski definition) is 0. The molecule has 0 aliphatic carbocycles. The molecule has 1 aliphatic heterocycles. The topological polar surface area (TPSA) is 125 Å². The summed E-state index contributed by atoms with van der Waals surface area (Å²) in [5, 5.41) is 21.8. The number of aliphatic imine (C=N–C) groups is 1. The fourth-order valence-corrected chi connectivity index (χ4v) is 2.21. The van der Waals surface area contributed by atoms with E-state index in [-0.39, 0.29) is 34.1 Å². The summed E-state index contributed by atoms with van der Waals surface area (Å²) in [4.78, 5) is 36.6. The zero-order valence-electron chi connectivity index (χ0n) is 12.5. The molecule has 2 aromatic rings. The number of nitrogens with zero attached hydrogens (tertiary/aromatic N) is 3. The zero-order valence-corrected chi connectivity index (χ0v) is 12.5. The van der Waals surface area contributed by atoms with Gasteiger partial charge in [0.05, 0.1) is 15.4 Å². The number of hydrogen-bond acceptors (Lipinski definition) is 7. The fourth-order valence-electron chi connectivity index (χ4n) is 2.21. The fraction of sp³-hybridized carbons (Fsp3) is 0. The predicted octanol–water partition coefficient (Wildman–Crippen LogP) is 2.85. The van der Waals surface area contributed by atoms with Crippen molar-refractivity contribution in [3.63, 3.8) is 0 Å². The first-order valence-corrected chi connectivity index (χ1v) is 6.96. The normalized spacial score (nSPS) is 15.0. The van der Waals surface area contributed by atoms with E-state index in [0.717, 1.165) is 0 Å². The van der Waals surface area contributed by atoms with Gasteiger partial charge in [-0.05, 0) is 18.2 Å². The third kappa shape index (κ3) is 3.24. The molecule has 0 fully saturated rings. The quantitative estimate of drug-likeness (QED) is 0.365. The van der Waals surface area contributed by atoms with Crippen molar-refractivity contribution in [1.82, 2.24) is 0 Å². The lowest BCUT2D eigenvalue weighted by molar-refractivity contribution is -0.385. The van der Waals surface area contributed by atoms with Crippen molar-refractivity contribution in [2.24, 2.45) is 4.99 Å². The highest BCUT2D eigenvalue weighted by molar-refractivity contribution is 6.13. The Morgan fingerprint density at radius 3 is 2.48 bits per heavy atom. The molecule has 0 amide bonds. The summed E-state index contributed by atoms with van der Waals surface area (Å²) >= 11 is 0. The van der Waals surface area contributed by atoms with Gasteiger partial charge in [0.15, 0.2) is 5.70 Å². The lowest BCUT2D eigenvalue weighted by Gasteiger charge is -1.98. The predicted molar refractivity (Wildman–Crippen MR) is 86.8 cm³/mol. The second-order valence-electron chi connectivity index (χ2n) is 4.96. The Kier molecular flexibility index (Phi) is 4.04. The summed E-state index contributed by atoms with van der Waals surface area (Å²) in [5.41, 5.74) is -0.0259. The van der Waals surface area contributed by atoms with E-state index in [4.69, 9.17) is 4.74 Å². The highest BCUT2D eigenvalue weighted by Crippen LogP contribution is 2.25. The average Bonchev–Trinajstić information content (AvgIpc) is 2.96. The van der Waals surface area contributed by atoms with Crippen molar-refractivity contribution >= 4 is 29.3 Å². The number of ether oxygens (including phenoxy) is 1. The minimum Gasteiger partial charge on any atom is -0.402 e. The standard InChI is InChI=1S/C16H9N3O6/c20-16-13(9-10-4-1-2-7-14(10)19(23)24)17-15(25-16)11-5-3-6-12(8-11)18(21)22/h1-9H/b13-9-. The van der Waals surface area contributed by atoms with Gasteiger partial charge < -0.3 is 4.74 Å². The molecule has 0 bridgehead atoms. The van der Waals surface area contributed by atoms with Crippen LogP contribution >= 0.6 is 0 Å². The van der Waals surface area contributed by atoms with Gasteiger partial charge in [-0.2, -0.15) is 0 Å². The molecule has 3 rings (SSSR count). The molecule has 0 radical (unpaired) electrons. The van der Waals surface area contributed by atoms with Crippen LogP contribution < -0.4 is 0 Å². The molecule has 0 N–H and O–H groups in total. The third-order valence-corrected chi connectivity index (χ3v) is 3.35. The summed E-state index contributed by atoms with van der Waals surface area (Å²) in [6, 6.07) is 11.3. The molecular formula is C16H9N3O6. The molecule has 0 spiro atoms. The van der Waals surface area contributed by atoms with Crippen molar-refractivity contribution in [2.75, 3.05) is 0 Å². The Hall–Kier alpha value is -3.88. The van der Waals surface area contributed by atoms with E-state index in [1.807, 2.05) is 0 Å². The van der Waals surface area contributed by atoms with Crippen molar-refractivity contribution < 1.29 is 19.4 Å². The van der Waals surface area contributed by atoms with E-state index >= 15 is 0 Å². The Bertz CT molecular complexity index is 964. The number of nitro benzene ring substituents is 2. The van der Waals surface area contributed by atoms with E-state index in [9.17, 15) is 25.0 Å². The van der Waals surface area contributed by atoms with Gasteiger partial charge in [0, 0.05) is 23.8 Å². The largest absolute Gasteiger partial charge is 0.402 e. The first kappa shape index (κ1) is 16.0. The lowest BCUT2D eigenvalue weighted by atomic mass is 10.1. The maximum absolute atomic E-state index is 12.0. The average molecular weight is 339 g/mol. The smallest absolute Gasteiger partial charge is 0.363 e. The summed E-state index contributed by atoms with van der Waals surface area (Å²) < 4.78 is 5.02. The van der Waals surface area contributed by atoms with E-state index in [0.29, 0.717) is 0 Å². The molecule has 0 aromatic heterocycles. The van der Waals surface area contributed by atoms with Crippen LogP contribution in [-0.2, 0) is 9.53 Å². The van der Waals surface area contributed by atoms with Gasteiger partial charge in [-0.1, -0.05) is 18.2 Å². The van der Waals surface area contributed by atoms with Crippen LogP contribution in [0, 0.1) is 20.2 Å². The molecular weight excluding hydrogens is 330 g/mol. The minimum absolute atomic E-state index is 0.0986. The summed E-state index contributed by atoms with van der Waals surface area (Å²) in [6.45, 7) is 0. The number of benzene rings is 2. The number of carbonyl (C=O) groups excluding carboxylic acids is 1. The Morgan fingerprint density at radius 1 is 1.00 bits per heavy atom. The van der Waals surface area contributed by atoms with E-state index in [1.54, 1.807) is 6.07 Å². The van der Waals surface area contributed by atoms with Gasteiger partial charge >= 0.3 is 5.97 Å². The number of nitro groups is 2. The third-order valence-electron chi connectivity index (χ3n) is 3.35. The second-order valence-corrected chi connectivity index (χ2v) is 4.96. The van der Waals surface area contributed by atoms with Gasteiger partial charge in [-0.15, -0.1) is 0 Å². The van der Waals surface area contributed by atoms with Crippen LogP contribution in [-0.4, -0.2) is 21.7 Å². The van der Waals surface area contributed by atoms with Gasteiger partial charge in [-0.3, -0.25) is 20.2 Å². The van der Waals surface area contributed by atoms with Crippen LogP contribution in [0.15, 0.2) is 59.2 Å². The monoisotopic (exact) mass is 339 g/mol. The molecule has 0 atom stereocenters. The number of carbonyl (C=O) groups is 1. The van der Waals surface area contributed by atoms with E-state index in [2.05, 4.69) is 4.99 Å². The Labute approximate surface area is 140 Å². The minimum atomic E-state index is -0.792. The number of non-ortho nitro benzene ring substituents is 1. The molecule has 1 aliphatic rings. The van der Waals surface area contributed by atoms with Gasteiger partial charge in [0.2, 0.25) is 5.90 Å². The maximum Gasteiger partial charge on any atom is 0.363 e. The first-order valence-electron chi connectivity index (χ1n) is 6.96. The molecule has 0 unspecified atom stereocenters. The number of para-hydroxylation sites is 1. The molecule has 2 aromatic carbocycles. The van der Waals surface area contributed by atoms with Gasteiger partial charge in [0.25, 0.3) is 11.4 Å². The zero-order chi connectivity index (χ0) is 18.0. The van der Waals surface area contributed by atoms with Crippen LogP contribution in [0.5, 0.6) is 0 Å². The molecule has 9 heteroatoms. The summed E-state index contributed by atoms with van der Waals surface area (Å²) in [5.74, 6) is -0.891. The van der Waals surface area contributed by atoms with Crippen LogP contribution in [0.1, 0.15) is 11.1 Å². The van der Waals surface area contributed by atoms with Gasteiger partial charge in [0.1, 0.15) is 0 Å². The Balaban J connectivity index is 2.00. The highest BCUT2D eigenvalue weighted by Gasteiger charge is 2.26. The Morgan fingerprint density at radius 2 is 1.76 bits per heavy atom. The van der Waals surface area contributed by atoms with Crippen molar-refractivity contribution in [3.05, 3.63) is 85.6 Å². The van der Waals surface area contributed by atoms with Crippen molar-refractivity contribution in [2.45, 2.75) is 0 Å². The SMILES string of the molecule is O=C1OC(c2cccc([N+](=O)[O-])c2)=N/C1=C\c1ccccc1[N+](=O)[O-]. The summed E-state index contributed by atoms with van der Waals surface area (Å²) in [7, 11) is 0. The van der Waals surface area contributed by atoms with Crippen LogP contribution in [0.3, 0.4) is 0 Å². The van der Waals surface area contributed by atoms with Crippen LogP contribution in [0.25, 0.3) is 6.08 Å². The van der Waals surface area contributed by atoms with Crippen LogP contribution in [0.2, 0.25) is 0 Å². The van der Waals surface area contributed by atoms with Crippen LogP contribution in [0.4, 0.5) is 11.4 Å². The molecule has 0 saturated heterocycles. The highest BCUT2D eigenvalue weighted by atomic mass is 16.6. The molecule has 1 heterocycles. The number of cyclic esters (lactones) is 1. The first-order chi connectivity index (χ1) is 12.0. The summed E-state index contributed by atoms with van der Waals surface area (Å²) in [6.07, 6.45) is 1.24. The van der Waals surface area contributed by atoms with E-state index < -0.39 is 15.8 Å². The molecule has 25 heavy (non-hydrogen) atoms. The molecule has 124 valence electrons. The van der Waals surface area contributed by atoms with Crippen molar-refractivity contribution in [1.29, 1.82) is 0 Å². The van der Waals surface area contributed by atoms with Crippen molar-refractivity contribution in [3.8, 4) is 0 Å². The number of esters is 1. The molecule has 0 saturated carbocycles. The number of rotatable bonds is 4. The second kappa shape index (κ2) is 6.32. The lowest BCUT2D eigenvalue weighted by Crippen LogP contribution is -2.05. The maximum atomic E-state index is 12.0. The van der Waals surface area contributed by atoms with E-state index in [1.165, 1.54) is 48.5 Å². The molecule has 9 nitrogen and oxygen atoms in total.